The third kappa shape index (κ3) is 7.85. The molecule has 0 aliphatic carbocycles. The molecule has 7 nitrogen and oxygen atoms in total. The molecule has 0 aliphatic heterocycles. The summed E-state index contributed by atoms with van der Waals surface area (Å²) < 4.78 is 45.5. The van der Waals surface area contributed by atoms with E-state index < -0.39 is 21.8 Å². The first-order chi connectivity index (χ1) is 17.8. The van der Waals surface area contributed by atoms with Gasteiger partial charge in [-0.25, -0.2) is 17.8 Å². The average Bonchev–Trinajstić information content (AvgIpc) is 2.85. The van der Waals surface area contributed by atoms with Gasteiger partial charge in [-0.1, -0.05) is 64.1 Å². The van der Waals surface area contributed by atoms with Gasteiger partial charge in [-0.05, 0) is 41.3 Å². The van der Waals surface area contributed by atoms with Crippen molar-refractivity contribution in [3.05, 3.63) is 88.4 Å². The van der Waals surface area contributed by atoms with Crippen LogP contribution in [0.3, 0.4) is 0 Å². The maximum atomic E-state index is 14.5. The van der Waals surface area contributed by atoms with Crippen LogP contribution in [0.4, 0.5) is 10.1 Å². The molecule has 1 heterocycles. The minimum absolute atomic E-state index is 0.122. The Labute approximate surface area is 224 Å². The second-order valence-electron chi connectivity index (χ2n) is 10.4. The molecule has 0 saturated heterocycles. The highest BCUT2D eigenvalue weighted by Gasteiger charge is 2.23. The zero-order valence-corrected chi connectivity index (χ0v) is 23.2. The van der Waals surface area contributed by atoms with Crippen LogP contribution in [0, 0.1) is 5.82 Å². The minimum atomic E-state index is -3.63. The fourth-order valence-electron chi connectivity index (χ4n) is 3.97. The topological polar surface area (TPSA) is 106 Å². The number of sulfonamides is 1. The van der Waals surface area contributed by atoms with E-state index in [1.807, 2.05) is 57.2 Å². The fourth-order valence-corrected chi connectivity index (χ4v) is 4.54. The number of carbonyl (C=O) groups excluding carboxylic acids is 1. The summed E-state index contributed by atoms with van der Waals surface area (Å²) >= 11 is 0. The Morgan fingerprint density at radius 3 is 2.39 bits per heavy atom. The Bertz CT molecular complexity index is 1390. The summed E-state index contributed by atoms with van der Waals surface area (Å²) in [6.07, 6.45) is 1.35. The number of hydrogen-bond acceptors (Lipinski definition) is 6. The van der Waals surface area contributed by atoms with Gasteiger partial charge < -0.3 is 9.84 Å². The molecule has 204 valence electrons. The number of benzene rings is 2. The lowest BCUT2D eigenvalue weighted by Gasteiger charge is -2.22. The van der Waals surface area contributed by atoms with E-state index in [1.54, 1.807) is 6.92 Å². The number of rotatable bonds is 11. The summed E-state index contributed by atoms with van der Waals surface area (Å²) in [4.78, 5) is 17.8. The van der Waals surface area contributed by atoms with Crippen molar-refractivity contribution < 1.29 is 27.4 Å². The second kappa shape index (κ2) is 12.0. The number of Topliss-reactive ketones (excluding diaryl/α,β-unsaturated/α-hetero) is 1. The number of aliphatic hydroxyl groups excluding tert-OH is 1. The lowest BCUT2D eigenvalue weighted by Crippen LogP contribution is -2.17. The maximum Gasteiger partial charge on any atom is 0.229 e. The number of aromatic nitrogens is 1. The van der Waals surface area contributed by atoms with Crippen LogP contribution >= 0.6 is 0 Å². The second-order valence-corrected chi connectivity index (χ2v) is 12.2. The third-order valence-electron chi connectivity index (χ3n) is 6.23. The number of pyridine rings is 1. The third-order valence-corrected chi connectivity index (χ3v) is 6.82. The van der Waals surface area contributed by atoms with Crippen molar-refractivity contribution in [3.63, 3.8) is 0 Å². The molecule has 1 aromatic heterocycles. The number of halogens is 1. The Morgan fingerprint density at radius 1 is 1.13 bits per heavy atom. The summed E-state index contributed by atoms with van der Waals surface area (Å²) in [7, 11) is -3.63. The first-order valence-corrected chi connectivity index (χ1v) is 14.3. The first-order valence-electron chi connectivity index (χ1n) is 12.4. The zero-order chi connectivity index (χ0) is 28.1. The van der Waals surface area contributed by atoms with E-state index in [0.29, 0.717) is 22.6 Å². The summed E-state index contributed by atoms with van der Waals surface area (Å²) in [5.74, 6) is -1.13. The van der Waals surface area contributed by atoms with Crippen LogP contribution in [-0.2, 0) is 39.9 Å². The number of hydrogen-bond donors (Lipinski definition) is 2. The molecule has 1 atom stereocenters. The Hall–Kier alpha value is -3.30. The molecule has 0 aliphatic rings. The summed E-state index contributed by atoms with van der Waals surface area (Å²) in [6.45, 7) is 7.82. The summed E-state index contributed by atoms with van der Waals surface area (Å²) in [5.41, 5.74) is 3.04. The predicted octanol–water partition coefficient (Wildman–Crippen LogP) is 5.27. The van der Waals surface area contributed by atoms with Crippen molar-refractivity contribution >= 4 is 21.5 Å². The monoisotopic (exact) mass is 542 g/mol. The number of aliphatic hydroxyl groups is 1. The molecule has 0 radical (unpaired) electrons. The predicted molar refractivity (Wildman–Crippen MR) is 146 cm³/mol. The van der Waals surface area contributed by atoms with E-state index in [0.717, 1.165) is 17.5 Å². The Morgan fingerprint density at radius 2 is 1.82 bits per heavy atom. The van der Waals surface area contributed by atoms with Gasteiger partial charge in [0.25, 0.3) is 0 Å². The standard InChI is InChI=1S/C29H35FN2O5S/c1-19(21-11-13-25(24(30)15-21)32-38(5,35)36)26(34)14-12-23-22(17-33)16-27(29(2,3)4)31-28(23)37-18-20-9-7-6-8-10-20/h6-11,13,15-16,19,32-33H,12,14,17-18H2,1-5H3. The molecule has 0 fully saturated rings. The van der Waals surface area contributed by atoms with Crippen molar-refractivity contribution in [3.8, 4) is 5.88 Å². The lowest BCUT2D eigenvalue weighted by molar-refractivity contribution is -0.120. The largest absolute Gasteiger partial charge is 0.473 e. The van der Waals surface area contributed by atoms with Crippen LogP contribution in [0.1, 0.15) is 68.0 Å². The number of ketones is 1. The van der Waals surface area contributed by atoms with Gasteiger partial charge in [0.2, 0.25) is 15.9 Å². The number of nitrogens with one attached hydrogen (secondary N) is 1. The molecule has 0 bridgehead atoms. The molecule has 38 heavy (non-hydrogen) atoms. The van der Waals surface area contributed by atoms with Crippen molar-refractivity contribution in [2.45, 2.75) is 65.1 Å². The molecule has 1 unspecified atom stereocenters. The van der Waals surface area contributed by atoms with E-state index in [-0.39, 0.29) is 42.9 Å². The van der Waals surface area contributed by atoms with Crippen LogP contribution in [-0.4, -0.2) is 30.5 Å². The van der Waals surface area contributed by atoms with Crippen LogP contribution in [0.15, 0.2) is 54.6 Å². The SMILES string of the molecule is CC(C(=O)CCc1c(CO)cc(C(C)(C)C)nc1OCc1ccccc1)c1ccc(NS(C)(=O)=O)c(F)c1. The Kier molecular flexibility index (Phi) is 9.27. The summed E-state index contributed by atoms with van der Waals surface area (Å²) in [5, 5.41) is 10.1. The van der Waals surface area contributed by atoms with Crippen LogP contribution < -0.4 is 9.46 Å². The van der Waals surface area contributed by atoms with Crippen molar-refractivity contribution in [2.75, 3.05) is 11.0 Å². The van der Waals surface area contributed by atoms with Gasteiger partial charge in [-0.3, -0.25) is 9.52 Å². The highest BCUT2D eigenvalue weighted by molar-refractivity contribution is 7.92. The van der Waals surface area contributed by atoms with E-state index in [2.05, 4.69) is 4.72 Å². The van der Waals surface area contributed by atoms with Crippen molar-refractivity contribution in [2.24, 2.45) is 0 Å². The molecular formula is C29H35FN2O5S. The van der Waals surface area contributed by atoms with Gasteiger partial charge in [-0.2, -0.15) is 0 Å². The molecule has 3 rings (SSSR count). The number of nitrogens with zero attached hydrogens (tertiary/aromatic N) is 1. The highest BCUT2D eigenvalue weighted by Crippen LogP contribution is 2.31. The first kappa shape index (κ1) is 29.3. The normalized spacial score (nSPS) is 12.7. The smallest absolute Gasteiger partial charge is 0.229 e. The van der Waals surface area contributed by atoms with Crippen LogP contribution in [0.25, 0.3) is 0 Å². The molecule has 0 spiro atoms. The zero-order valence-electron chi connectivity index (χ0n) is 22.4. The molecule has 2 N–H and O–H groups in total. The van der Waals surface area contributed by atoms with Gasteiger partial charge in [-0.15, -0.1) is 0 Å². The molecule has 2 aromatic carbocycles. The van der Waals surface area contributed by atoms with Gasteiger partial charge in [0.15, 0.2) is 0 Å². The van der Waals surface area contributed by atoms with Crippen molar-refractivity contribution in [1.82, 2.24) is 4.98 Å². The molecule has 9 heteroatoms. The van der Waals surface area contributed by atoms with Gasteiger partial charge in [0, 0.05) is 23.3 Å². The van der Waals surface area contributed by atoms with Crippen LogP contribution in [0.5, 0.6) is 5.88 Å². The van der Waals surface area contributed by atoms with Crippen LogP contribution in [0.2, 0.25) is 0 Å². The van der Waals surface area contributed by atoms with Gasteiger partial charge in [0.1, 0.15) is 18.2 Å². The highest BCUT2D eigenvalue weighted by atomic mass is 32.2. The Balaban J connectivity index is 1.83. The lowest BCUT2D eigenvalue weighted by atomic mass is 9.88. The van der Waals surface area contributed by atoms with Gasteiger partial charge >= 0.3 is 0 Å². The quantitative estimate of drug-likeness (QED) is 0.342. The van der Waals surface area contributed by atoms with E-state index in [1.165, 1.54) is 18.2 Å². The summed E-state index contributed by atoms with van der Waals surface area (Å²) in [6, 6.07) is 15.5. The molecular weight excluding hydrogens is 507 g/mol. The molecule has 3 aromatic rings. The average molecular weight is 543 g/mol. The number of anilines is 1. The fraction of sp³-hybridized carbons (Fsp3) is 0.379. The van der Waals surface area contributed by atoms with E-state index >= 15 is 0 Å². The minimum Gasteiger partial charge on any atom is -0.473 e. The number of ether oxygens (including phenoxy) is 1. The maximum absolute atomic E-state index is 14.5. The van der Waals surface area contributed by atoms with Gasteiger partial charge in [0.05, 0.1) is 24.2 Å². The van der Waals surface area contributed by atoms with Crippen molar-refractivity contribution in [1.29, 1.82) is 0 Å². The number of carbonyl (C=O) groups is 1. The van der Waals surface area contributed by atoms with E-state index in [4.69, 9.17) is 9.72 Å². The molecule has 0 amide bonds. The molecule has 0 saturated carbocycles. The van der Waals surface area contributed by atoms with E-state index in [9.17, 15) is 22.7 Å².